The van der Waals surface area contributed by atoms with Gasteiger partial charge in [-0.05, 0) is 69.5 Å². The van der Waals surface area contributed by atoms with Gasteiger partial charge < -0.3 is 4.74 Å². The quantitative estimate of drug-likeness (QED) is 0.759. The number of carbonyl (C=O) groups excluding carboxylic acids is 1. The van der Waals surface area contributed by atoms with Crippen LogP contribution in [0.2, 0.25) is 0 Å². The normalized spacial score (nSPS) is 15.8. The molecule has 26 heavy (non-hydrogen) atoms. The summed E-state index contributed by atoms with van der Waals surface area (Å²) >= 11 is 0. The molecule has 1 saturated heterocycles. The number of likely N-dealkylation sites (tertiary alicyclic amines) is 1. The minimum absolute atomic E-state index is 0.0364. The number of esters is 1. The largest absolute Gasteiger partial charge is 0.466 e. The van der Waals surface area contributed by atoms with Crippen LogP contribution in [0.25, 0.3) is 11.1 Å². The Morgan fingerprint density at radius 1 is 1.19 bits per heavy atom. The fraction of sp³-hybridized carbons (Fsp3) is 0.455. The van der Waals surface area contributed by atoms with Crippen LogP contribution in [0, 0.1) is 19.8 Å². The van der Waals surface area contributed by atoms with Crippen LogP contribution < -0.4 is 0 Å². The van der Waals surface area contributed by atoms with Crippen LogP contribution in [0.3, 0.4) is 0 Å². The van der Waals surface area contributed by atoms with E-state index in [9.17, 15) is 4.79 Å². The van der Waals surface area contributed by atoms with Gasteiger partial charge in [0.05, 0.1) is 12.5 Å². The molecule has 0 unspecified atom stereocenters. The third-order valence-electron chi connectivity index (χ3n) is 5.11. The first-order valence-electron chi connectivity index (χ1n) is 9.47. The van der Waals surface area contributed by atoms with Crippen molar-refractivity contribution >= 4 is 5.97 Å². The van der Waals surface area contributed by atoms with Crippen molar-refractivity contribution in [3.05, 3.63) is 53.3 Å². The fourth-order valence-electron chi connectivity index (χ4n) is 3.61. The summed E-state index contributed by atoms with van der Waals surface area (Å²) in [6, 6.07) is 8.77. The van der Waals surface area contributed by atoms with Gasteiger partial charge in [-0.2, -0.15) is 0 Å². The summed E-state index contributed by atoms with van der Waals surface area (Å²) in [5.41, 5.74) is 6.17. The van der Waals surface area contributed by atoms with E-state index in [4.69, 9.17) is 4.74 Å². The minimum Gasteiger partial charge on any atom is -0.466 e. The van der Waals surface area contributed by atoms with Crippen LogP contribution in [0.5, 0.6) is 0 Å². The van der Waals surface area contributed by atoms with E-state index < -0.39 is 0 Å². The molecule has 0 radical (unpaired) electrons. The number of pyridine rings is 1. The lowest BCUT2D eigenvalue weighted by Crippen LogP contribution is -2.36. The van der Waals surface area contributed by atoms with E-state index in [0.29, 0.717) is 6.61 Å². The molecule has 0 spiro atoms. The SMILES string of the molecule is CCOC(=O)C1CCN(Cc2cncc(-c3cc(C)ccc3C)c2)CC1. The van der Waals surface area contributed by atoms with Gasteiger partial charge in [0, 0.05) is 24.5 Å². The number of aromatic nitrogens is 1. The Labute approximate surface area is 156 Å². The molecule has 2 heterocycles. The van der Waals surface area contributed by atoms with Crippen LogP contribution in [0.4, 0.5) is 0 Å². The van der Waals surface area contributed by atoms with Crippen LogP contribution in [0.15, 0.2) is 36.7 Å². The Hall–Kier alpha value is -2.20. The summed E-state index contributed by atoms with van der Waals surface area (Å²) in [5.74, 6) is 0.0244. The zero-order chi connectivity index (χ0) is 18.5. The molecule has 0 bridgehead atoms. The van der Waals surface area contributed by atoms with Gasteiger partial charge in [0.1, 0.15) is 0 Å². The highest BCUT2D eigenvalue weighted by molar-refractivity contribution is 5.72. The molecule has 1 aliphatic heterocycles. The van der Waals surface area contributed by atoms with Gasteiger partial charge >= 0.3 is 5.97 Å². The highest BCUT2D eigenvalue weighted by Crippen LogP contribution is 2.26. The van der Waals surface area contributed by atoms with Crippen molar-refractivity contribution in [2.75, 3.05) is 19.7 Å². The number of carbonyl (C=O) groups is 1. The van der Waals surface area contributed by atoms with Gasteiger partial charge in [-0.3, -0.25) is 14.7 Å². The maximum Gasteiger partial charge on any atom is 0.309 e. The zero-order valence-corrected chi connectivity index (χ0v) is 16.0. The molecule has 1 fully saturated rings. The highest BCUT2D eigenvalue weighted by Gasteiger charge is 2.25. The second-order valence-corrected chi connectivity index (χ2v) is 7.20. The molecule has 0 amide bonds. The topological polar surface area (TPSA) is 42.4 Å². The molecule has 2 aromatic rings. The molecule has 138 valence electrons. The van der Waals surface area contributed by atoms with Gasteiger partial charge in [-0.25, -0.2) is 0 Å². The third kappa shape index (κ3) is 4.50. The average Bonchev–Trinajstić information content (AvgIpc) is 2.65. The molecule has 4 heteroatoms. The van der Waals surface area contributed by atoms with Gasteiger partial charge in [-0.15, -0.1) is 0 Å². The number of benzene rings is 1. The summed E-state index contributed by atoms with van der Waals surface area (Å²) in [6.07, 6.45) is 5.65. The number of ether oxygens (including phenoxy) is 1. The number of hydrogen-bond acceptors (Lipinski definition) is 4. The first kappa shape index (κ1) is 18.6. The third-order valence-corrected chi connectivity index (χ3v) is 5.11. The Morgan fingerprint density at radius 2 is 1.96 bits per heavy atom. The van der Waals surface area contributed by atoms with Gasteiger partial charge in [0.15, 0.2) is 0 Å². The van der Waals surface area contributed by atoms with Gasteiger partial charge in [0.25, 0.3) is 0 Å². The molecule has 0 N–H and O–H groups in total. The number of nitrogens with zero attached hydrogens (tertiary/aromatic N) is 2. The first-order valence-corrected chi connectivity index (χ1v) is 9.47. The first-order chi connectivity index (χ1) is 12.6. The number of rotatable bonds is 5. The number of aryl methyl sites for hydroxylation is 2. The van der Waals surface area contributed by atoms with Crippen LogP contribution in [0.1, 0.15) is 36.5 Å². The van der Waals surface area contributed by atoms with E-state index in [1.165, 1.54) is 27.8 Å². The second-order valence-electron chi connectivity index (χ2n) is 7.20. The summed E-state index contributed by atoms with van der Waals surface area (Å²) in [7, 11) is 0. The van der Waals surface area contributed by atoms with E-state index in [1.807, 2.05) is 19.3 Å². The van der Waals surface area contributed by atoms with Crippen LogP contribution >= 0.6 is 0 Å². The summed E-state index contributed by atoms with van der Waals surface area (Å²) in [6.45, 7) is 9.32. The molecule has 1 aromatic heterocycles. The van der Waals surface area contributed by atoms with E-state index in [-0.39, 0.29) is 11.9 Å². The van der Waals surface area contributed by atoms with Crippen molar-refractivity contribution in [2.24, 2.45) is 5.92 Å². The lowest BCUT2D eigenvalue weighted by molar-refractivity contribution is -0.149. The lowest BCUT2D eigenvalue weighted by Gasteiger charge is -2.30. The average molecular weight is 352 g/mol. The predicted molar refractivity (Wildman–Crippen MR) is 104 cm³/mol. The number of hydrogen-bond donors (Lipinski definition) is 0. The van der Waals surface area contributed by atoms with Crippen molar-refractivity contribution < 1.29 is 9.53 Å². The molecule has 0 atom stereocenters. The van der Waals surface area contributed by atoms with Gasteiger partial charge in [-0.1, -0.05) is 23.8 Å². The lowest BCUT2D eigenvalue weighted by atomic mass is 9.96. The second kappa shape index (κ2) is 8.45. The van der Waals surface area contributed by atoms with E-state index in [0.717, 1.165) is 32.5 Å². The molecule has 1 aliphatic rings. The predicted octanol–water partition coefficient (Wildman–Crippen LogP) is 4.14. The number of piperidine rings is 1. The van der Waals surface area contributed by atoms with Crippen molar-refractivity contribution in [1.82, 2.24) is 9.88 Å². The van der Waals surface area contributed by atoms with Crippen molar-refractivity contribution in [3.8, 4) is 11.1 Å². The maximum absolute atomic E-state index is 11.9. The summed E-state index contributed by atoms with van der Waals surface area (Å²) in [5, 5.41) is 0. The molecular formula is C22H28N2O2. The Balaban J connectivity index is 1.65. The minimum atomic E-state index is -0.0364. The van der Waals surface area contributed by atoms with Gasteiger partial charge in [0.2, 0.25) is 0 Å². The van der Waals surface area contributed by atoms with E-state index in [2.05, 4.69) is 48.0 Å². The van der Waals surface area contributed by atoms with Crippen LogP contribution in [-0.4, -0.2) is 35.5 Å². The van der Waals surface area contributed by atoms with Crippen molar-refractivity contribution in [2.45, 2.75) is 40.2 Å². The molecule has 1 aromatic carbocycles. The zero-order valence-electron chi connectivity index (χ0n) is 16.0. The maximum atomic E-state index is 11.9. The van der Waals surface area contributed by atoms with Crippen molar-refractivity contribution in [1.29, 1.82) is 0 Å². The Morgan fingerprint density at radius 3 is 2.69 bits per heavy atom. The fourth-order valence-corrected chi connectivity index (χ4v) is 3.61. The Kier molecular flexibility index (Phi) is 6.04. The summed E-state index contributed by atoms with van der Waals surface area (Å²) < 4.78 is 5.15. The molecule has 0 saturated carbocycles. The standard InChI is InChI=1S/C22H28N2O2/c1-4-26-22(25)19-7-9-24(10-8-19)15-18-12-20(14-23-13-18)21-11-16(2)5-6-17(21)3/h5-6,11-14,19H,4,7-10,15H2,1-3H3. The summed E-state index contributed by atoms with van der Waals surface area (Å²) in [4.78, 5) is 18.7. The van der Waals surface area contributed by atoms with E-state index in [1.54, 1.807) is 0 Å². The smallest absolute Gasteiger partial charge is 0.309 e. The molecule has 3 rings (SSSR count). The van der Waals surface area contributed by atoms with Crippen molar-refractivity contribution in [3.63, 3.8) is 0 Å². The van der Waals surface area contributed by atoms with E-state index >= 15 is 0 Å². The monoisotopic (exact) mass is 352 g/mol. The highest BCUT2D eigenvalue weighted by atomic mass is 16.5. The Bertz CT molecular complexity index is 764. The molecule has 4 nitrogen and oxygen atoms in total. The van der Waals surface area contributed by atoms with Crippen LogP contribution in [-0.2, 0) is 16.1 Å². The molecular weight excluding hydrogens is 324 g/mol. The molecule has 0 aliphatic carbocycles.